The van der Waals surface area contributed by atoms with E-state index in [9.17, 15) is 14.7 Å². The van der Waals surface area contributed by atoms with E-state index in [2.05, 4.69) is 34.6 Å². The van der Waals surface area contributed by atoms with Gasteiger partial charge in [0, 0.05) is 12.0 Å². The van der Waals surface area contributed by atoms with Crippen LogP contribution in [0.4, 0.5) is 0 Å². The van der Waals surface area contributed by atoms with E-state index < -0.39 is 6.29 Å². The predicted octanol–water partition coefficient (Wildman–Crippen LogP) is 4.56. The molecule has 5 saturated carbocycles. The van der Waals surface area contributed by atoms with Crippen LogP contribution in [0.1, 0.15) is 86.0 Å². The van der Waals surface area contributed by atoms with Crippen molar-refractivity contribution in [1.29, 1.82) is 0 Å². The fourth-order valence-corrected chi connectivity index (χ4v) is 11.8. The van der Waals surface area contributed by atoms with Crippen molar-refractivity contribution in [2.24, 2.45) is 50.7 Å². The maximum absolute atomic E-state index is 12.0. The normalized spacial score (nSPS) is 55.2. The Kier molecular flexibility index (Phi) is 5.72. The third kappa shape index (κ3) is 2.88. The number of carbonyl (C=O) groups excluding carboxylic acids is 2. The Balaban J connectivity index is 1.29. The first kappa shape index (κ1) is 25.5. The minimum atomic E-state index is -0.980. The van der Waals surface area contributed by atoms with Crippen molar-refractivity contribution < 1.29 is 28.9 Å². The zero-order chi connectivity index (χ0) is 25.7. The fourth-order valence-electron chi connectivity index (χ4n) is 11.8. The molecule has 202 valence electrons. The first-order valence-electron chi connectivity index (χ1n) is 14.5. The second-order valence-electron chi connectivity index (χ2n) is 14.4. The van der Waals surface area contributed by atoms with Gasteiger partial charge in [-0.05, 0) is 96.7 Å². The zero-order valence-electron chi connectivity index (χ0n) is 22.8. The van der Waals surface area contributed by atoms with Gasteiger partial charge in [-0.25, -0.2) is 0 Å². The van der Waals surface area contributed by atoms with Gasteiger partial charge in [0.15, 0.2) is 6.29 Å². The van der Waals surface area contributed by atoms with E-state index in [1.54, 1.807) is 0 Å². The van der Waals surface area contributed by atoms with Crippen LogP contribution in [0.5, 0.6) is 0 Å². The summed E-state index contributed by atoms with van der Waals surface area (Å²) >= 11 is 0. The Morgan fingerprint density at radius 2 is 1.72 bits per heavy atom. The highest BCUT2D eigenvalue weighted by molar-refractivity contribution is 5.55. The van der Waals surface area contributed by atoms with Crippen LogP contribution in [0.2, 0.25) is 0 Å². The minimum absolute atomic E-state index is 0.0152. The number of ether oxygens (including phenoxy) is 3. The molecule has 6 fully saturated rings. The van der Waals surface area contributed by atoms with Crippen molar-refractivity contribution in [1.82, 2.24) is 0 Å². The Labute approximate surface area is 216 Å². The fraction of sp³-hybridized carbons (Fsp3) is 0.933. The standard InChI is InChI=1S/C30H46O6/c1-18-9-14-35-24-23(18)27(4)11-12-30-17-29(30)10-8-21(36-22(16-32)34-15-13-31)26(2,3)19(29)6-7-20(30)28(27,5)25(24)33/h13,16,18-25,33H,6-12,14-15,17H2,1-5H3/t18-,19+,20?,21?,22+,23+,24?,25+,27?,28-,29?,30?/m1/s1. The largest absolute Gasteiger partial charge is 0.390 e. The summed E-state index contributed by atoms with van der Waals surface area (Å²) in [5.41, 5.74) is 0.537. The zero-order valence-corrected chi connectivity index (χ0v) is 22.8. The molecule has 6 rings (SSSR count). The molecular weight excluding hydrogens is 456 g/mol. The van der Waals surface area contributed by atoms with Gasteiger partial charge in [0.1, 0.15) is 12.9 Å². The summed E-state index contributed by atoms with van der Waals surface area (Å²) < 4.78 is 17.9. The molecule has 1 saturated heterocycles. The van der Waals surface area contributed by atoms with Crippen molar-refractivity contribution in [3.8, 4) is 0 Å². The molecular formula is C30H46O6. The van der Waals surface area contributed by atoms with E-state index in [4.69, 9.17) is 14.2 Å². The summed E-state index contributed by atoms with van der Waals surface area (Å²) in [7, 11) is 0. The SMILES string of the molecule is C[C@@H]1CCOC2[C@H]1C1(C)CCC34CC35CCC(O[C@@H](C=O)OCC=O)C(C)(C)[C@@H]5CCC4[C@]1(C)[C@H]2O. The number of aliphatic hydroxyl groups is 1. The average Bonchev–Trinajstić information content (AvgIpc) is 3.48. The molecule has 6 heteroatoms. The number of rotatable bonds is 6. The quantitative estimate of drug-likeness (QED) is 0.424. The highest BCUT2D eigenvalue weighted by Crippen LogP contribution is 2.89. The van der Waals surface area contributed by atoms with Crippen LogP contribution in [0, 0.1) is 50.7 Å². The molecule has 1 aliphatic heterocycles. The van der Waals surface area contributed by atoms with Crippen LogP contribution in [0.3, 0.4) is 0 Å². The van der Waals surface area contributed by atoms with Crippen molar-refractivity contribution >= 4 is 12.6 Å². The second kappa shape index (κ2) is 8.09. The third-order valence-electron chi connectivity index (χ3n) is 13.5. The molecule has 2 spiro atoms. The van der Waals surface area contributed by atoms with Gasteiger partial charge in [-0.1, -0.05) is 34.6 Å². The Morgan fingerprint density at radius 3 is 2.44 bits per heavy atom. The lowest BCUT2D eigenvalue weighted by atomic mass is 9.41. The van der Waals surface area contributed by atoms with Gasteiger partial charge in [-0.3, -0.25) is 4.79 Å². The van der Waals surface area contributed by atoms with Crippen LogP contribution < -0.4 is 0 Å². The molecule has 1 N–H and O–H groups in total. The molecule has 6 aliphatic rings. The summed E-state index contributed by atoms with van der Waals surface area (Å²) in [6.07, 6.45) is 9.04. The van der Waals surface area contributed by atoms with Gasteiger partial charge in [0.05, 0.1) is 18.3 Å². The van der Waals surface area contributed by atoms with E-state index in [0.717, 1.165) is 38.7 Å². The molecule has 0 radical (unpaired) electrons. The Bertz CT molecular complexity index is 919. The number of aldehydes is 2. The molecule has 5 aliphatic carbocycles. The van der Waals surface area contributed by atoms with E-state index >= 15 is 0 Å². The molecule has 0 aromatic heterocycles. The molecule has 0 aromatic carbocycles. The van der Waals surface area contributed by atoms with Crippen LogP contribution >= 0.6 is 0 Å². The number of fused-ring (bicyclic) bond motifs is 4. The minimum Gasteiger partial charge on any atom is -0.390 e. The van der Waals surface area contributed by atoms with E-state index in [-0.39, 0.29) is 41.2 Å². The monoisotopic (exact) mass is 502 g/mol. The van der Waals surface area contributed by atoms with Gasteiger partial charge in [-0.2, -0.15) is 0 Å². The summed E-state index contributed by atoms with van der Waals surface area (Å²) in [6.45, 7) is 12.6. The Hall–Kier alpha value is -0.820. The van der Waals surface area contributed by atoms with Crippen LogP contribution in [0.15, 0.2) is 0 Å². The van der Waals surface area contributed by atoms with E-state index in [1.807, 2.05) is 0 Å². The van der Waals surface area contributed by atoms with E-state index in [0.29, 0.717) is 47.1 Å². The van der Waals surface area contributed by atoms with Crippen molar-refractivity contribution in [2.75, 3.05) is 13.2 Å². The summed E-state index contributed by atoms with van der Waals surface area (Å²) in [4.78, 5) is 22.3. The van der Waals surface area contributed by atoms with Gasteiger partial charge in [0.25, 0.3) is 0 Å². The first-order valence-corrected chi connectivity index (χ1v) is 14.5. The lowest BCUT2D eigenvalue weighted by molar-refractivity contribution is -0.223. The summed E-state index contributed by atoms with van der Waals surface area (Å²) in [5.74, 6) is 2.11. The second-order valence-corrected chi connectivity index (χ2v) is 14.4. The maximum atomic E-state index is 12.0. The molecule has 1 heterocycles. The third-order valence-corrected chi connectivity index (χ3v) is 13.5. The first-order chi connectivity index (χ1) is 17.0. The molecule has 12 atom stereocenters. The maximum Gasteiger partial charge on any atom is 0.215 e. The van der Waals surface area contributed by atoms with E-state index in [1.165, 1.54) is 19.3 Å². The van der Waals surface area contributed by atoms with Crippen LogP contribution in [0.25, 0.3) is 0 Å². The molecule has 6 nitrogen and oxygen atoms in total. The van der Waals surface area contributed by atoms with Gasteiger partial charge >= 0.3 is 0 Å². The summed E-state index contributed by atoms with van der Waals surface area (Å²) in [5, 5.41) is 12.0. The number of aliphatic hydroxyl groups excluding tert-OH is 1. The summed E-state index contributed by atoms with van der Waals surface area (Å²) in [6, 6.07) is 0. The molecule has 6 unspecified atom stereocenters. The molecule has 0 aromatic rings. The smallest absolute Gasteiger partial charge is 0.215 e. The predicted molar refractivity (Wildman–Crippen MR) is 134 cm³/mol. The molecule has 0 bridgehead atoms. The van der Waals surface area contributed by atoms with Gasteiger partial charge < -0.3 is 24.1 Å². The number of carbonyl (C=O) groups is 2. The van der Waals surface area contributed by atoms with Gasteiger partial charge in [0.2, 0.25) is 6.29 Å². The Morgan fingerprint density at radius 1 is 1.00 bits per heavy atom. The van der Waals surface area contributed by atoms with Crippen molar-refractivity contribution in [3.63, 3.8) is 0 Å². The topological polar surface area (TPSA) is 82.1 Å². The highest BCUT2D eigenvalue weighted by Gasteiger charge is 2.84. The number of hydrogen-bond acceptors (Lipinski definition) is 6. The number of hydrogen-bond donors (Lipinski definition) is 1. The lowest BCUT2D eigenvalue weighted by Gasteiger charge is -2.63. The molecule has 36 heavy (non-hydrogen) atoms. The highest BCUT2D eigenvalue weighted by atomic mass is 16.7. The molecule has 0 amide bonds. The van der Waals surface area contributed by atoms with Crippen LogP contribution in [-0.4, -0.2) is 55.5 Å². The van der Waals surface area contributed by atoms with Crippen molar-refractivity contribution in [2.45, 2.75) is 111 Å². The van der Waals surface area contributed by atoms with Crippen LogP contribution in [-0.2, 0) is 23.8 Å². The van der Waals surface area contributed by atoms with Crippen molar-refractivity contribution in [3.05, 3.63) is 0 Å². The van der Waals surface area contributed by atoms with Gasteiger partial charge in [-0.15, -0.1) is 0 Å². The average molecular weight is 503 g/mol. The lowest BCUT2D eigenvalue weighted by Crippen LogP contribution is -2.60.